The number of ether oxygens (including phenoxy) is 1. The number of rotatable bonds is 7. The number of thiazole rings is 1. The molecule has 1 aromatic heterocycles. The number of aliphatic hydroxyl groups excluding tert-OH is 1. The number of aryl methyl sites for hydroxylation is 1. The average molecular weight is 396 g/mol. The van der Waals surface area contributed by atoms with Gasteiger partial charge in [-0.1, -0.05) is 29.8 Å². The van der Waals surface area contributed by atoms with Crippen LogP contribution < -0.4 is 5.32 Å². The highest BCUT2D eigenvalue weighted by Gasteiger charge is 2.11. The molecule has 0 aliphatic carbocycles. The van der Waals surface area contributed by atoms with Crippen molar-refractivity contribution in [2.75, 3.05) is 5.32 Å². The van der Waals surface area contributed by atoms with E-state index in [0.29, 0.717) is 16.3 Å². The maximum Gasteiger partial charge on any atom is 0.338 e. The fourth-order valence-corrected chi connectivity index (χ4v) is 3.22. The molecule has 0 spiro atoms. The minimum absolute atomic E-state index is 0.0384. The van der Waals surface area contributed by atoms with Gasteiger partial charge in [0, 0.05) is 11.1 Å². The quantitative estimate of drug-likeness (QED) is 0.597. The van der Waals surface area contributed by atoms with Crippen molar-refractivity contribution in [3.63, 3.8) is 0 Å². The van der Waals surface area contributed by atoms with Crippen molar-refractivity contribution in [2.45, 2.75) is 26.6 Å². The van der Waals surface area contributed by atoms with Crippen LogP contribution in [0.2, 0.25) is 0 Å². The van der Waals surface area contributed by atoms with E-state index in [-0.39, 0.29) is 25.5 Å². The maximum atomic E-state index is 12.1. The smallest absolute Gasteiger partial charge is 0.338 e. The molecule has 0 bridgehead atoms. The number of aromatic nitrogens is 1. The normalized spacial score (nSPS) is 10.5. The van der Waals surface area contributed by atoms with Gasteiger partial charge in [-0.25, -0.2) is 9.78 Å². The van der Waals surface area contributed by atoms with Crippen molar-refractivity contribution in [2.24, 2.45) is 0 Å². The third-order valence-corrected chi connectivity index (χ3v) is 4.87. The Morgan fingerprint density at radius 3 is 2.50 bits per heavy atom. The molecule has 0 saturated heterocycles. The molecule has 0 aliphatic rings. The Morgan fingerprint density at radius 1 is 1.11 bits per heavy atom. The van der Waals surface area contributed by atoms with Gasteiger partial charge in [-0.2, -0.15) is 0 Å². The van der Waals surface area contributed by atoms with Crippen LogP contribution >= 0.6 is 11.3 Å². The Hall–Kier alpha value is -3.03. The summed E-state index contributed by atoms with van der Waals surface area (Å²) < 4.78 is 5.25. The van der Waals surface area contributed by atoms with Gasteiger partial charge in [0.15, 0.2) is 0 Å². The molecule has 3 aromatic rings. The first-order valence-corrected chi connectivity index (χ1v) is 9.58. The molecule has 0 atom stereocenters. The minimum Gasteiger partial charge on any atom is -0.456 e. The number of nitrogens with zero attached hydrogens (tertiary/aromatic N) is 1. The van der Waals surface area contributed by atoms with E-state index in [0.717, 1.165) is 16.8 Å². The highest BCUT2D eigenvalue weighted by molar-refractivity contribution is 7.09. The first-order valence-electron chi connectivity index (χ1n) is 8.70. The minimum atomic E-state index is -0.462. The van der Waals surface area contributed by atoms with Gasteiger partial charge < -0.3 is 15.2 Å². The summed E-state index contributed by atoms with van der Waals surface area (Å²) in [6.07, 6.45) is 0.162. The van der Waals surface area contributed by atoms with Crippen LogP contribution in [0, 0.1) is 6.92 Å². The molecule has 2 N–H and O–H groups in total. The zero-order valence-electron chi connectivity index (χ0n) is 15.3. The SMILES string of the molecule is Cc1ccc(NC(=O)Cc2nc(COC(=O)c3ccc(CO)cc3)cs2)cc1. The van der Waals surface area contributed by atoms with Gasteiger partial charge in [0.2, 0.25) is 5.91 Å². The Balaban J connectivity index is 1.49. The van der Waals surface area contributed by atoms with Gasteiger partial charge in [0.25, 0.3) is 0 Å². The highest BCUT2D eigenvalue weighted by Crippen LogP contribution is 2.15. The molecule has 0 radical (unpaired) electrons. The van der Waals surface area contributed by atoms with Crippen LogP contribution in [0.15, 0.2) is 53.9 Å². The monoisotopic (exact) mass is 396 g/mol. The van der Waals surface area contributed by atoms with Crippen molar-refractivity contribution >= 4 is 28.9 Å². The van der Waals surface area contributed by atoms with Crippen LogP contribution in [-0.4, -0.2) is 22.0 Å². The lowest BCUT2D eigenvalue weighted by Gasteiger charge is -2.04. The van der Waals surface area contributed by atoms with Crippen LogP contribution in [0.3, 0.4) is 0 Å². The summed E-state index contributed by atoms with van der Waals surface area (Å²) >= 11 is 1.35. The molecule has 0 unspecified atom stereocenters. The molecule has 1 heterocycles. The Bertz CT molecular complexity index is 949. The summed E-state index contributed by atoms with van der Waals surface area (Å²) in [4.78, 5) is 28.5. The van der Waals surface area contributed by atoms with Crippen molar-refractivity contribution in [1.82, 2.24) is 4.98 Å². The number of carbonyl (C=O) groups excluding carboxylic acids is 2. The number of amides is 1. The maximum absolute atomic E-state index is 12.1. The molecule has 3 rings (SSSR count). The molecule has 2 aromatic carbocycles. The zero-order valence-corrected chi connectivity index (χ0v) is 16.2. The van der Waals surface area contributed by atoms with Crippen LogP contribution in [0.25, 0.3) is 0 Å². The molecule has 1 amide bonds. The van der Waals surface area contributed by atoms with Crippen molar-refractivity contribution < 1.29 is 19.4 Å². The number of nitrogens with one attached hydrogen (secondary N) is 1. The van der Waals surface area contributed by atoms with Crippen LogP contribution in [-0.2, 0) is 29.2 Å². The summed E-state index contributed by atoms with van der Waals surface area (Å²) in [5, 5.41) is 14.3. The van der Waals surface area contributed by atoms with Crippen LogP contribution in [0.5, 0.6) is 0 Å². The molecule has 6 nitrogen and oxygen atoms in total. The van der Waals surface area contributed by atoms with Crippen molar-refractivity contribution in [3.8, 4) is 0 Å². The van der Waals surface area contributed by atoms with Gasteiger partial charge in [-0.15, -0.1) is 11.3 Å². The largest absolute Gasteiger partial charge is 0.456 e. The fraction of sp³-hybridized carbons (Fsp3) is 0.190. The van der Waals surface area contributed by atoms with E-state index in [1.165, 1.54) is 11.3 Å². The van der Waals surface area contributed by atoms with E-state index >= 15 is 0 Å². The zero-order chi connectivity index (χ0) is 19.9. The van der Waals surface area contributed by atoms with Gasteiger partial charge in [0.1, 0.15) is 11.6 Å². The van der Waals surface area contributed by atoms with Crippen molar-refractivity contribution in [3.05, 3.63) is 81.3 Å². The average Bonchev–Trinajstić information content (AvgIpc) is 3.15. The molecule has 0 aliphatic heterocycles. The third-order valence-electron chi connectivity index (χ3n) is 3.97. The summed E-state index contributed by atoms with van der Waals surface area (Å²) in [7, 11) is 0. The van der Waals surface area contributed by atoms with E-state index in [1.807, 2.05) is 31.2 Å². The molecule has 0 fully saturated rings. The van der Waals surface area contributed by atoms with E-state index < -0.39 is 5.97 Å². The van der Waals surface area contributed by atoms with E-state index in [4.69, 9.17) is 9.84 Å². The van der Waals surface area contributed by atoms with Crippen LogP contribution in [0.1, 0.15) is 32.2 Å². The number of aliphatic hydroxyl groups is 1. The van der Waals surface area contributed by atoms with Gasteiger partial charge in [-0.3, -0.25) is 4.79 Å². The second-order valence-electron chi connectivity index (χ2n) is 6.25. The first kappa shape index (κ1) is 19.7. The number of hydrogen-bond acceptors (Lipinski definition) is 6. The van der Waals surface area contributed by atoms with Gasteiger partial charge >= 0.3 is 5.97 Å². The highest BCUT2D eigenvalue weighted by atomic mass is 32.1. The third kappa shape index (κ3) is 5.48. The van der Waals surface area contributed by atoms with E-state index in [9.17, 15) is 9.59 Å². The van der Waals surface area contributed by atoms with E-state index in [2.05, 4.69) is 10.3 Å². The van der Waals surface area contributed by atoms with Gasteiger partial charge in [0.05, 0.1) is 24.3 Å². The Morgan fingerprint density at radius 2 is 1.82 bits per heavy atom. The first-order chi connectivity index (χ1) is 13.5. The number of carbonyl (C=O) groups is 2. The predicted octanol–water partition coefficient (Wildman–Crippen LogP) is 3.48. The predicted molar refractivity (Wildman–Crippen MR) is 107 cm³/mol. The summed E-state index contributed by atoms with van der Waals surface area (Å²) in [5.41, 5.74) is 3.60. The van der Waals surface area contributed by atoms with Crippen molar-refractivity contribution in [1.29, 1.82) is 0 Å². The number of esters is 1. The van der Waals surface area contributed by atoms with Crippen LogP contribution in [0.4, 0.5) is 5.69 Å². The molecule has 144 valence electrons. The van der Waals surface area contributed by atoms with Gasteiger partial charge in [-0.05, 0) is 36.8 Å². The second-order valence-corrected chi connectivity index (χ2v) is 7.20. The summed E-state index contributed by atoms with van der Waals surface area (Å²) in [5.74, 6) is -0.609. The molecule has 0 saturated carbocycles. The molecular formula is C21H20N2O4S. The molecular weight excluding hydrogens is 376 g/mol. The Labute approximate surface area is 166 Å². The fourth-order valence-electron chi connectivity index (χ4n) is 2.44. The number of hydrogen-bond donors (Lipinski definition) is 2. The second kappa shape index (κ2) is 9.25. The molecule has 7 heteroatoms. The summed E-state index contributed by atoms with van der Waals surface area (Å²) in [6, 6.07) is 14.1. The Kier molecular flexibility index (Phi) is 6.52. The lowest BCUT2D eigenvalue weighted by molar-refractivity contribution is -0.115. The summed E-state index contributed by atoms with van der Waals surface area (Å²) in [6.45, 7) is 1.95. The standard InChI is InChI=1S/C21H20N2O4S/c1-14-2-8-17(9-3-14)22-19(25)10-20-23-18(13-28-20)12-27-21(26)16-6-4-15(11-24)5-7-16/h2-9,13,24H,10-12H2,1H3,(H,22,25). The molecule has 28 heavy (non-hydrogen) atoms. The lowest BCUT2D eigenvalue weighted by Crippen LogP contribution is -2.14. The van der Waals surface area contributed by atoms with E-state index in [1.54, 1.807) is 29.6 Å². The number of benzene rings is 2. The number of anilines is 1. The topological polar surface area (TPSA) is 88.5 Å². The lowest BCUT2D eigenvalue weighted by atomic mass is 10.1.